The van der Waals surface area contributed by atoms with Gasteiger partial charge in [0.15, 0.2) is 0 Å². The minimum Gasteiger partial charge on any atom is -0.477 e. The minimum atomic E-state index is -0.982. The van der Waals surface area contributed by atoms with Crippen LogP contribution in [0.5, 0.6) is 0 Å². The summed E-state index contributed by atoms with van der Waals surface area (Å²) in [7, 11) is 0. The number of benzene rings is 1. The van der Waals surface area contributed by atoms with Crippen molar-refractivity contribution in [1.82, 2.24) is 9.97 Å². The highest BCUT2D eigenvalue weighted by Crippen LogP contribution is 2.28. The van der Waals surface area contributed by atoms with Crippen LogP contribution in [0.4, 0.5) is 11.5 Å². The summed E-state index contributed by atoms with van der Waals surface area (Å²) in [5.74, 6) is -0.300. The molecule has 0 atom stereocenters. The second-order valence-electron chi connectivity index (χ2n) is 5.79. The zero-order valence-electron chi connectivity index (χ0n) is 13.4. The summed E-state index contributed by atoms with van der Waals surface area (Å²) in [6, 6.07) is 11.2. The Morgan fingerprint density at radius 3 is 2.92 bits per heavy atom. The molecule has 0 amide bonds. The van der Waals surface area contributed by atoms with Crippen LogP contribution in [0, 0.1) is 6.92 Å². The quantitative estimate of drug-likeness (QED) is 0.509. The zero-order valence-corrected chi connectivity index (χ0v) is 13.4. The Balaban J connectivity index is 1.67. The van der Waals surface area contributed by atoms with Gasteiger partial charge in [0, 0.05) is 29.0 Å². The number of aromatic amines is 1. The summed E-state index contributed by atoms with van der Waals surface area (Å²) in [6.45, 7) is 1.94. The van der Waals surface area contributed by atoms with Gasteiger partial charge in [0.05, 0.1) is 6.26 Å². The molecule has 4 aromatic rings. The van der Waals surface area contributed by atoms with Crippen molar-refractivity contribution in [2.45, 2.75) is 6.92 Å². The molecule has 0 fully saturated rings. The first-order valence-electron chi connectivity index (χ1n) is 7.73. The van der Waals surface area contributed by atoms with Gasteiger partial charge in [-0.25, -0.2) is 9.78 Å². The summed E-state index contributed by atoms with van der Waals surface area (Å²) in [4.78, 5) is 18.2. The average Bonchev–Trinajstić information content (AvgIpc) is 3.25. The Hall–Kier alpha value is -3.54. The van der Waals surface area contributed by atoms with Crippen LogP contribution in [-0.2, 0) is 0 Å². The van der Waals surface area contributed by atoms with Gasteiger partial charge >= 0.3 is 5.97 Å². The predicted octanol–water partition coefficient (Wildman–Crippen LogP) is 4.57. The number of aryl methyl sites for hydroxylation is 1. The molecule has 6 nitrogen and oxygen atoms in total. The van der Waals surface area contributed by atoms with Crippen LogP contribution in [0.1, 0.15) is 16.1 Å². The van der Waals surface area contributed by atoms with E-state index in [9.17, 15) is 4.79 Å². The van der Waals surface area contributed by atoms with Crippen LogP contribution in [0.15, 0.2) is 59.5 Å². The predicted molar refractivity (Wildman–Crippen MR) is 95.2 cm³/mol. The maximum absolute atomic E-state index is 11.1. The highest BCUT2D eigenvalue weighted by molar-refractivity contribution is 5.88. The number of aromatic carboxylic acids is 1. The lowest BCUT2D eigenvalue weighted by Crippen LogP contribution is -1.95. The fraction of sp³-hybridized carbons (Fsp3) is 0.0526. The topological polar surface area (TPSA) is 91.2 Å². The van der Waals surface area contributed by atoms with E-state index in [4.69, 9.17) is 9.52 Å². The number of furan rings is 1. The lowest BCUT2D eigenvalue weighted by Gasteiger charge is -2.09. The van der Waals surface area contributed by atoms with E-state index < -0.39 is 5.97 Å². The number of hydrogen-bond donors (Lipinski definition) is 3. The van der Waals surface area contributed by atoms with Crippen molar-refractivity contribution in [1.29, 1.82) is 0 Å². The standard InChI is InChI=1S/C19H15N3O3/c1-11-9-21-18(8-15(11)13-7-16(19(23)24)20-10-13)22-14-2-3-17-12(6-14)4-5-25-17/h2-10,20H,1H3,(H,21,22)(H,23,24). The molecule has 3 aromatic heterocycles. The van der Waals surface area contributed by atoms with Crippen molar-refractivity contribution in [3.63, 3.8) is 0 Å². The molecule has 6 heteroatoms. The molecule has 0 aliphatic rings. The number of aromatic nitrogens is 2. The number of hydrogen-bond acceptors (Lipinski definition) is 4. The third kappa shape index (κ3) is 2.85. The van der Waals surface area contributed by atoms with Crippen molar-refractivity contribution < 1.29 is 14.3 Å². The fourth-order valence-electron chi connectivity index (χ4n) is 2.77. The molecule has 124 valence electrons. The number of nitrogens with one attached hydrogen (secondary N) is 2. The number of carboxylic acids is 1. The van der Waals surface area contributed by atoms with Crippen LogP contribution in [0.25, 0.3) is 22.1 Å². The number of nitrogens with zero attached hydrogens (tertiary/aromatic N) is 1. The molecule has 3 heterocycles. The summed E-state index contributed by atoms with van der Waals surface area (Å²) < 4.78 is 5.34. The van der Waals surface area contributed by atoms with Crippen LogP contribution in [0.2, 0.25) is 0 Å². The largest absolute Gasteiger partial charge is 0.477 e. The monoisotopic (exact) mass is 333 g/mol. The van der Waals surface area contributed by atoms with Gasteiger partial charge in [-0.15, -0.1) is 0 Å². The van der Waals surface area contributed by atoms with Gasteiger partial charge in [0.25, 0.3) is 0 Å². The van der Waals surface area contributed by atoms with Crippen LogP contribution in [0.3, 0.4) is 0 Å². The molecule has 0 aliphatic carbocycles. The zero-order chi connectivity index (χ0) is 17.4. The van der Waals surface area contributed by atoms with Gasteiger partial charge in [-0.05, 0) is 54.4 Å². The normalized spacial score (nSPS) is 10.9. The molecular weight excluding hydrogens is 318 g/mol. The number of fused-ring (bicyclic) bond motifs is 1. The smallest absolute Gasteiger partial charge is 0.352 e. The fourth-order valence-corrected chi connectivity index (χ4v) is 2.77. The molecule has 0 saturated heterocycles. The summed E-state index contributed by atoms with van der Waals surface area (Å²) in [5.41, 5.74) is 4.59. The maximum atomic E-state index is 11.1. The number of H-pyrrole nitrogens is 1. The third-order valence-corrected chi connectivity index (χ3v) is 4.05. The summed E-state index contributed by atoms with van der Waals surface area (Å²) in [6.07, 6.45) is 5.11. The Bertz CT molecular complexity index is 1080. The van der Waals surface area contributed by atoms with E-state index in [1.54, 1.807) is 24.7 Å². The Morgan fingerprint density at radius 1 is 1.24 bits per heavy atom. The number of carbonyl (C=O) groups is 1. The molecule has 0 unspecified atom stereocenters. The van der Waals surface area contributed by atoms with Crippen LogP contribution >= 0.6 is 0 Å². The number of rotatable bonds is 4. The molecule has 0 bridgehead atoms. The first-order valence-corrected chi connectivity index (χ1v) is 7.73. The molecule has 0 spiro atoms. The van der Waals surface area contributed by atoms with Gasteiger partial charge < -0.3 is 19.8 Å². The molecule has 0 saturated carbocycles. The Labute approximate surface area is 143 Å². The van der Waals surface area contributed by atoms with E-state index in [0.717, 1.165) is 33.3 Å². The average molecular weight is 333 g/mol. The highest BCUT2D eigenvalue weighted by Gasteiger charge is 2.11. The van der Waals surface area contributed by atoms with Crippen molar-refractivity contribution in [3.05, 3.63) is 66.3 Å². The first-order chi connectivity index (χ1) is 12.1. The SMILES string of the molecule is Cc1cnc(Nc2ccc3occc3c2)cc1-c1c[nH]c(C(=O)O)c1. The van der Waals surface area contributed by atoms with E-state index in [1.807, 2.05) is 37.3 Å². The van der Waals surface area contributed by atoms with Crippen LogP contribution in [-0.4, -0.2) is 21.0 Å². The van der Waals surface area contributed by atoms with Gasteiger partial charge in [0.1, 0.15) is 17.1 Å². The lowest BCUT2D eigenvalue weighted by molar-refractivity contribution is 0.0691. The first kappa shape index (κ1) is 15.0. The van der Waals surface area contributed by atoms with Crippen molar-refractivity contribution >= 4 is 28.4 Å². The summed E-state index contributed by atoms with van der Waals surface area (Å²) in [5, 5.41) is 13.4. The molecular formula is C19H15N3O3. The molecule has 25 heavy (non-hydrogen) atoms. The molecule has 0 radical (unpaired) electrons. The van der Waals surface area contributed by atoms with Gasteiger partial charge in [-0.3, -0.25) is 0 Å². The third-order valence-electron chi connectivity index (χ3n) is 4.05. The van der Waals surface area contributed by atoms with Gasteiger partial charge in [0.2, 0.25) is 0 Å². The van der Waals surface area contributed by atoms with E-state index in [0.29, 0.717) is 5.82 Å². The van der Waals surface area contributed by atoms with Gasteiger partial charge in [-0.1, -0.05) is 0 Å². The van der Waals surface area contributed by atoms with E-state index in [2.05, 4.69) is 15.3 Å². The Kier molecular flexibility index (Phi) is 3.50. The molecule has 3 N–H and O–H groups in total. The maximum Gasteiger partial charge on any atom is 0.352 e. The Morgan fingerprint density at radius 2 is 2.12 bits per heavy atom. The molecule has 4 rings (SSSR count). The lowest BCUT2D eigenvalue weighted by atomic mass is 10.1. The van der Waals surface area contributed by atoms with Gasteiger partial charge in [-0.2, -0.15) is 0 Å². The number of carboxylic acid groups (broad SMARTS) is 1. The number of anilines is 2. The van der Waals surface area contributed by atoms with E-state index in [1.165, 1.54) is 0 Å². The highest BCUT2D eigenvalue weighted by atomic mass is 16.4. The minimum absolute atomic E-state index is 0.158. The second kappa shape index (κ2) is 5.83. The molecule has 1 aromatic carbocycles. The van der Waals surface area contributed by atoms with Crippen molar-refractivity contribution in [3.8, 4) is 11.1 Å². The van der Waals surface area contributed by atoms with Crippen molar-refractivity contribution in [2.24, 2.45) is 0 Å². The second-order valence-corrected chi connectivity index (χ2v) is 5.79. The summed E-state index contributed by atoms with van der Waals surface area (Å²) >= 11 is 0. The van der Waals surface area contributed by atoms with E-state index in [-0.39, 0.29) is 5.69 Å². The van der Waals surface area contributed by atoms with Crippen molar-refractivity contribution in [2.75, 3.05) is 5.32 Å². The van der Waals surface area contributed by atoms with E-state index >= 15 is 0 Å². The van der Waals surface area contributed by atoms with Crippen LogP contribution < -0.4 is 5.32 Å². The number of pyridine rings is 1. The molecule has 0 aliphatic heterocycles.